The Balaban J connectivity index is 2.81. The van der Waals surface area contributed by atoms with Gasteiger partial charge in [-0.2, -0.15) is 0 Å². The van der Waals surface area contributed by atoms with Crippen LogP contribution in [0.3, 0.4) is 0 Å². The van der Waals surface area contributed by atoms with Crippen LogP contribution in [0.15, 0.2) is 29.4 Å². The third-order valence-corrected chi connectivity index (χ3v) is 4.86. The molecule has 0 amide bonds. The zero-order chi connectivity index (χ0) is 14.2. The molecule has 0 spiro atoms. The fourth-order valence-corrected chi connectivity index (χ4v) is 4.06. The Morgan fingerprint density at radius 3 is 2.63 bits per heavy atom. The molecule has 1 aromatic heterocycles. The van der Waals surface area contributed by atoms with E-state index in [-0.39, 0.29) is 10.9 Å². The largest absolute Gasteiger partial charge is 0.264 e. The van der Waals surface area contributed by atoms with Crippen LogP contribution in [0.2, 0.25) is 5.02 Å². The number of nitrogens with zero attached hydrogens (tertiary/aromatic N) is 1. The van der Waals surface area contributed by atoms with Gasteiger partial charge in [-0.05, 0) is 38.5 Å². The molecule has 0 aliphatic carbocycles. The van der Waals surface area contributed by atoms with E-state index in [1.54, 1.807) is 45.3 Å². The predicted molar refractivity (Wildman–Crippen MR) is 76.9 cm³/mol. The number of hydrogen-bond donors (Lipinski definition) is 1. The predicted octanol–water partition coefficient (Wildman–Crippen LogP) is 2.88. The van der Waals surface area contributed by atoms with Gasteiger partial charge in [-0.1, -0.05) is 11.6 Å². The Kier molecular flexibility index (Phi) is 3.80. The second-order valence-corrected chi connectivity index (χ2v) is 6.76. The second-order valence-electron chi connectivity index (χ2n) is 4.70. The molecule has 1 heterocycles. The third kappa shape index (κ3) is 2.73. The number of sulfonamides is 1. The molecule has 0 aliphatic heterocycles. The molecule has 4 nitrogen and oxygen atoms in total. The summed E-state index contributed by atoms with van der Waals surface area (Å²) in [5.74, 6) is 0. The molecule has 0 radical (unpaired) electrons. The smallest absolute Gasteiger partial charge is 0.241 e. The summed E-state index contributed by atoms with van der Waals surface area (Å²) in [5.41, 5.74) is 0.622. The van der Waals surface area contributed by atoms with Gasteiger partial charge in [0.2, 0.25) is 10.0 Å². The highest BCUT2D eigenvalue weighted by atomic mass is 35.5. The maximum Gasteiger partial charge on any atom is 0.241 e. The van der Waals surface area contributed by atoms with Crippen molar-refractivity contribution in [3.63, 3.8) is 0 Å². The number of pyridine rings is 1. The van der Waals surface area contributed by atoms with Crippen LogP contribution >= 0.6 is 11.6 Å². The Labute approximate surface area is 117 Å². The molecular weight excluding hydrogens is 284 g/mol. The number of fused-ring (bicyclic) bond motifs is 1. The molecular formula is C13H15ClN2O2S. The zero-order valence-corrected chi connectivity index (χ0v) is 12.5. The number of hydrogen-bond acceptors (Lipinski definition) is 3. The minimum atomic E-state index is -3.57. The van der Waals surface area contributed by atoms with Gasteiger partial charge in [0.05, 0.1) is 9.92 Å². The lowest BCUT2D eigenvalue weighted by atomic mass is 10.1. The summed E-state index contributed by atoms with van der Waals surface area (Å²) in [4.78, 5) is 4.25. The normalized spacial score (nSPS) is 12.3. The number of halogens is 1. The maximum atomic E-state index is 12.4. The second kappa shape index (κ2) is 5.07. The van der Waals surface area contributed by atoms with E-state index >= 15 is 0 Å². The molecule has 0 fully saturated rings. The van der Waals surface area contributed by atoms with Gasteiger partial charge in [0.25, 0.3) is 0 Å². The van der Waals surface area contributed by atoms with Crippen molar-refractivity contribution in [2.45, 2.75) is 31.7 Å². The van der Waals surface area contributed by atoms with Gasteiger partial charge in [-0.25, -0.2) is 13.1 Å². The number of nitrogens with one attached hydrogen (secondary N) is 1. The van der Waals surface area contributed by atoms with Crippen LogP contribution in [0.5, 0.6) is 0 Å². The van der Waals surface area contributed by atoms with Crippen LogP contribution in [0.1, 0.15) is 19.4 Å². The van der Waals surface area contributed by atoms with Gasteiger partial charge in [0.1, 0.15) is 0 Å². The van der Waals surface area contributed by atoms with Crippen LogP contribution in [0.25, 0.3) is 10.8 Å². The number of aromatic nitrogens is 1. The maximum absolute atomic E-state index is 12.4. The number of benzene rings is 1. The van der Waals surface area contributed by atoms with E-state index in [9.17, 15) is 8.42 Å². The summed E-state index contributed by atoms with van der Waals surface area (Å²) in [7, 11) is -3.57. The van der Waals surface area contributed by atoms with Crippen molar-refractivity contribution in [2.24, 2.45) is 0 Å². The first-order chi connectivity index (χ1) is 8.83. The highest BCUT2D eigenvalue weighted by molar-refractivity contribution is 7.89. The van der Waals surface area contributed by atoms with Crippen molar-refractivity contribution in [1.82, 2.24) is 9.71 Å². The van der Waals surface area contributed by atoms with E-state index in [1.165, 1.54) is 0 Å². The minimum Gasteiger partial charge on any atom is -0.264 e. The highest BCUT2D eigenvalue weighted by Crippen LogP contribution is 2.31. The molecule has 1 N–H and O–H groups in total. The van der Waals surface area contributed by atoms with Crippen LogP contribution in [0.4, 0.5) is 0 Å². The summed E-state index contributed by atoms with van der Waals surface area (Å²) in [6.07, 6.45) is 3.14. The average molecular weight is 299 g/mol. The SMILES string of the molecule is Cc1cc(Cl)c2cnccc2c1S(=O)(=O)NC(C)C. The van der Waals surface area contributed by atoms with E-state index in [4.69, 9.17) is 11.6 Å². The molecule has 6 heteroatoms. The molecule has 102 valence electrons. The summed E-state index contributed by atoms with van der Waals surface area (Å²) < 4.78 is 27.4. The van der Waals surface area contributed by atoms with Gasteiger partial charge >= 0.3 is 0 Å². The van der Waals surface area contributed by atoms with E-state index in [2.05, 4.69) is 9.71 Å². The topological polar surface area (TPSA) is 59.1 Å². The third-order valence-electron chi connectivity index (χ3n) is 2.68. The van der Waals surface area contributed by atoms with Crippen molar-refractivity contribution >= 4 is 32.4 Å². The van der Waals surface area contributed by atoms with E-state index in [0.717, 1.165) is 0 Å². The van der Waals surface area contributed by atoms with Gasteiger partial charge in [-0.3, -0.25) is 4.98 Å². The Morgan fingerprint density at radius 2 is 2.00 bits per heavy atom. The first kappa shape index (κ1) is 14.2. The lowest BCUT2D eigenvalue weighted by molar-refractivity contribution is 0.570. The summed E-state index contributed by atoms with van der Waals surface area (Å²) >= 11 is 6.13. The molecule has 19 heavy (non-hydrogen) atoms. The van der Waals surface area contributed by atoms with Gasteiger partial charge in [-0.15, -0.1) is 0 Å². The lowest BCUT2D eigenvalue weighted by Crippen LogP contribution is -2.30. The minimum absolute atomic E-state index is 0.169. The van der Waals surface area contributed by atoms with Crippen molar-refractivity contribution < 1.29 is 8.42 Å². The highest BCUT2D eigenvalue weighted by Gasteiger charge is 2.22. The standard InChI is InChI=1S/C13H15ClN2O2S/c1-8(2)16-19(17,18)13-9(3)6-12(14)11-7-15-5-4-10(11)13/h4-8,16H,1-3H3. The molecule has 0 atom stereocenters. The Bertz CT molecular complexity index is 727. The van der Waals surface area contributed by atoms with Crippen LogP contribution in [-0.2, 0) is 10.0 Å². The number of aryl methyl sites for hydroxylation is 1. The average Bonchev–Trinajstić information content (AvgIpc) is 2.26. The zero-order valence-electron chi connectivity index (χ0n) is 10.9. The molecule has 0 aliphatic rings. The van der Waals surface area contributed by atoms with E-state index in [1.807, 2.05) is 0 Å². The quantitative estimate of drug-likeness (QED) is 0.948. The Hall–Kier alpha value is -1.17. The molecule has 0 unspecified atom stereocenters. The van der Waals surface area contributed by atoms with Gasteiger partial charge in [0.15, 0.2) is 0 Å². The Morgan fingerprint density at radius 1 is 1.32 bits per heavy atom. The molecule has 2 aromatic rings. The molecule has 0 saturated heterocycles. The van der Waals surface area contributed by atoms with E-state index < -0.39 is 10.0 Å². The first-order valence-corrected chi connectivity index (χ1v) is 7.74. The molecule has 0 bridgehead atoms. The number of rotatable bonds is 3. The van der Waals surface area contributed by atoms with Crippen LogP contribution < -0.4 is 4.72 Å². The summed E-state index contributed by atoms with van der Waals surface area (Å²) in [6, 6.07) is 3.15. The summed E-state index contributed by atoms with van der Waals surface area (Å²) in [6.45, 7) is 5.31. The fraction of sp³-hybridized carbons (Fsp3) is 0.308. The molecule has 1 aromatic carbocycles. The summed E-state index contributed by atoms with van der Waals surface area (Å²) in [5, 5.41) is 1.73. The monoisotopic (exact) mass is 298 g/mol. The lowest BCUT2D eigenvalue weighted by Gasteiger charge is -2.14. The fourth-order valence-electron chi connectivity index (χ4n) is 2.05. The van der Waals surface area contributed by atoms with Crippen molar-refractivity contribution in [3.05, 3.63) is 35.1 Å². The molecule has 0 saturated carbocycles. The molecule has 2 rings (SSSR count). The van der Waals surface area contributed by atoms with Crippen molar-refractivity contribution in [2.75, 3.05) is 0 Å². The van der Waals surface area contributed by atoms with Crippen LogP contribution in [0, 0.1) is 6.92 Å². The van der Waals surface area contributed by atoms with Crippen molar-refractivity contribution in [3.8, 4) is 0 Å². The van der Waals surface area contributed by atoms with E-state index in [0.29, 0.717) is 21.4 Å². The van der Waals surface area contributed by atoms with Crippen LogP contribution in [-0.4, -0.2) is 19.4 Å². The van der Waals surface area contributed by atoms with Gasteiger partial charge in [0, 0.05) is 29.2 Å². The first-order valence-electron chi connectivity index (χ1n) is 5.88. The van der Waals surface area contributed by atoms with Gasteiger partial charge < -0.3 is 0 Å². The van der Waals surface area contributed by atoms with Crippen molar-refractivity contribution in [1.29, 1.82) is 0 Å².